The highest BCUT2D eigenvalue weighted by Gasteiger charge is 2.44. The van der Waals surface area contributed by atoms with Gasteiger partial charge >= 0.3 is 27.0 Å². The Hall–Kier alpha value is -4.12. The number of para-hydroxylation sites is 1. The van der Waals surface area contributed by atoms with Gasteiger partial charge < -0.3 is 4.90 Å². The van der Waals surface area contributed by atoms with Crippen LogP contribution in [0.15, 0.2) is 77.6 Å². The number of anilines is 1. The number of aliphatic imine (C=N–C) groups is 1. The maximum atomic E-state index is 13.0. The number of rotatable bonds is 12. The van der Waals surface area contributed by atoms with Crippen molar-refractivity contribution in [1.29, 1.82) is 0 Å². The molecule has 314 valence electrons. The molecular weight excluding hydrogens is 779 g/mol. The van der Waals surface area contributed by atoms with Gasteiger partial charge in [0.15, 0.2) is 5.71 Å². The largest absolute Gasteiger partial charge is 0.425 e. The van der Waals surface area contributed by atoms with Gasteiger partial charge in [-0.3, -0.25) is 9.35 Å². The van der Waals surface area contributed by atoms with Crippen LogP contribution in [0.2, 0.25) is 0 Å². The number of hydrogen-bond acceptors (Lipinski definition) is 11. The first-order valence-corrected chi connectivity index (χ1v) is 20.6. The number of hydrogen-bond donors (Lipinski definition) is 1. The van der Waals surface area contributed by atoms with E-state index in [1.54, 1.807) is 0 Å². The highest BCUT2D eigenvalue weighted by atomic mass is 32.2. The summed E-state index contributed by atoms with van der Waals surface area (Å²) in [5.41, 5.74) is 5.52. The van der Waals surface area contributed by atoms with Crippen molar-refractivity contribution in [3.63, 3.8) is 0 Å². The second kappa shape index (κ2) is 22.6. The standard InChI is InChI=1S/C37H49N3O4S.3CH4.2O3S/c1-9-22-39-26-27(2)25-29-34(39)38-31(36(29,6)7)18-11-10-12-19-32-37(8,21-20-33(41)35(3,4)5)28-16-13-14-17-30(28)40(32)23-15-24-45(42,43)44;;;;2*1-4(2)3/h10-14,16-19,25-26H,9,15,20-24H2,1-8H3;3*1H4;;/p+1. The van der Waals surface area contributed by atoms with Crippen molar-refractivity contribution < 1.29 is 47.6 Å². The maximum absolute atomic E-state index is 13.0. The molecule has 4 rings (SSSR count). The van der Waals surface area contributed by atoms with E-state index in [0.29, 0.717) is 19.4 Å². The third kappa shape index (κ3) is 15.1. The molecule has 56 heavy (non-hydrogen) atoms. The quantitative estimate of drug-likeness (QED) is 0.127. The van der Waals surface area contributed by atoms with Crippen LogP contribution >= 0.6 is 0 Å². The summed E-state index contributed by atoms with van der Waals surface area (Å²) in [7, 11) is -10.3. The molecule has 0 spiro atoms. The number of fused-ring (bicyclic) bond motifs is 2. The van der Waals surface area contributed by atoms with E-state index in [-0.39, 0.29) is 45.7 Å². The van der Waals surface area contributed by atoms with Gasteiger partial charge in [-0.1, -0.05) is 86.4 Å². The zero-order chi connectivity index (χ0) is 40.4. The molecule has 1 aromatic heterocycles. The molecule has 1 atom stereocenters. The summed E-state index contributed by atoms with van der Waals surface area (Å²) in [5.74, 6) is 0.928. The summed E-state index contributed by atoms with van der Waals surface area (Å²) in [5, 5.41) is 0. The first kappa shape index (κ1) is 54.0. The van der Waals surface area contributed by atoms with Crippen LogP contribution in [0, 0.1) is 12.3 Å². The fraction of sp³-hybridized carbons (Fsp3) is 0.525. The fourth-order valence-corrected chi connectivity index (χ4v) is 6.94. The van der Waals surface area contributed by atoms with Crippen LogP contribution in [0.3, 0.4) is 0 Å². The number of carbonyl (C=O) groups is 1. The van der Waals surface area contributed by atoms with Gasteiger partial charge in [0.1, 0.15) is 5.78 Å². The molecule has 0 saturated heterocycles. The van der Waals surface area contributed by atoms with Gasteiger partial charge in [0.2, 0.25) is 0 Å². The smallest absolute Gasteiger partial charge is 0.344 e. The molecule has 13 nitrogen and oxygen atoms in total. The molecule has 1 unspecified atom stereocenters. The highest BCUT2D eigenvalue weighted by Crippen LogP contribution is 2.50. The highest BCUT2D eigenvalue weighted by molar-refractivity contribution is 7.85. The van der Waals surface area contributed by atoms with Gasteiger partial charge in [-0.2, -0.15) is 8.42 Å². The number of aromatic nitrogens is 1. The molecule has 3 heterocycles. The molecule has 16 heteroatoms. The van der Waals surface area contributed by atoms with E-state index in [9.17, 15) is 17.8 Å². The molecule has 0 fully saturated rings. The van der Waals surface area contributed by atoms with Crippen LogP contribution in [-0.4, -0.2) is 62.0 Å². The number of nitrogens with zero attached hydrogens (tertiary/aromatic N) is 3. The van der Waals surface area contributed by atoms with Crippen molar-refractivity contribution in [2.24, 2.45) is 10.4 Å². The zero-order valence-electron chi connectivity index (χ0n) is 31.5. The number of allylic oxidation sites excluding steroid dienone is 6. The van der Waals surface area contributed by atoms with Gasteiger partial charge in [0.05, 0.1) is 29.5 Å². The summed E-state index contributed by atoms with van der Waals surface area (Å²) in [6, 6.07) is 10.4. The SMILES string of the molecule is C.C.C.CCC[n+]1cc(C)cc2c1N=C(/C=C/C=C/C=C1/N(CCCS(=O)(=O)O)c3ccccc3C1(C)CCC(=O)C(C)(C)C)C2(C)C.O=S(=O)=O.O=S(=O)=O. The van der Waals surface area contributed by atoms with Gasteiger partial charge in [0.25, 0.3) is 10.1 Å². The van der Waals surface area contributed by atoms with E-state index in [0.717, 1.165) is 41.4 Å². The van der Waals surface area contributed by atoms with Crippen molar-refractivity contribution >= 4 is 54.3 Å². The van der Waals surface area contributed by atoms with Crippen LogP contribution in [-0.2, 0) is 53.5 Å². The molecule has 2 aromatic rings. The average molecular weight is 841 g/mol. The Balaban J connectivity index is 0. The number of benzene rings is 1. The first-order valence-electron chi connectivity index (χ1n) is 17.0. The monoisotopic (exact) mass is 840 g/mol. The third-order valence-electron chi connectivity index (χ3n) is 9.10. The lowest BCUT2D eigenvalue weighted by Gasteiger charge is -2.31. The number of pyridine rings is 1. The summed E-state index contributed by atoms with van der Waals surface area (Å²) in [6.07, 6.45) is 14.7. The first-order chi connectivity index (χ1) is 24.5. The van der Waals surface area contributed by atoms with Crippen molar-refractivity contribution in [2.75, 3.05) is 17.2 Å². The summed E-state index contributed by atoms with van der Waals surface area (Å²) < 4.78 is 85.4. The topological polar surface area (TPSA) is 193 Å². The van der Waals surface area contributed by atoms with E-state index in [4.69, 9.17) is 30.2 Å². The lowest BCUT2D eigenvalue weighted by Crippen LogP contribution is -2.35. The lowest BCUT2D eigenvalue weighted by atomic mass is 9.75. The molecule has 0 amide bonds. The molecule has 0 aliphatic carbocycles. The average Bonchev–Trinajstić information content (AvgIpc) is 3.41. The van der Waals surface area contributed by atoms with Gasteiger partial charge in [0, 0.05) is 35.2 Å². The van der Waals surface area contributed by atoms with Crippen LogP contribution in [0.1, 0.15) is 113 Å². The third-order valence-corrected chi connectivity index (χ3v) is 9.90. The molecule has 1 aromatic carbocycles. The number of ketones is 1. The lowest BCUT2D eigenvalue weighted by molar-refractivity contribution is -0.684. The molecule has 0 radical (unpaired) electrons. The summed E-state index contributed by atoms with van der Waals surface area (Å²) in [6.45, 7) is 18.1. The van der Waals surface area contributed by atoms with E-state index in [1.165, 1.54) is 11.1 Å². The molecule has 0 bridgehead atoms. The van der Waals surface area contributed by atoms with Gasteiger partial charge in [-0.05, 0) is 87.4 Å². The Morgan fingerprint density at radius 1 is 0.946 bits per heavy atom. The molecule has 2 aliphatic heterocycles. The predicted molar refractivity (Wildman–Crippen MR) is 224 cm³/mol. The fourth-order valence-electron chi connectivity index (χ4n) is 6.44. The maximum Gasteiger partial charge on any atom is 0.425 e. The van der Waals surface area contributed by atoms with Gasteiger partial charge in [-0.25, -0.2) is 4.57 Å². The van der Waals surface area contributed by atoms with Crippen molar-refractivity contribution in [2.45, 2.75) is 121 Å². The normalized spacial score (nSPS) is 17.2. The zero-order valence-corrected chi connectivity index (χ0v) is 33.9. The van der Waals surface area contributed by atoms with Crippen molar-refractivity contribution in [3.8, 4) is 0 Å². The number of carbonyl (C=O) groups excluding carboxylic acids is 1. The van der Waals surface area contributed by atoms with Crippen molar-refractivity contribution in [3.05, 3.63) is 89.3 Å². The van der Waals surface area contributed by atoms with E-state index in [1.807, 2.05) is 57.2 Å². The van der Waals surface area contributed by atoms with Crippen molar-refractivity contribution in [1.82, 2.24) is 0 Å². The Morgan fingerprint density at radius 3 is 2.05 bits per heavy atom. The molecule has 0 saturated carbocycles. The van der Waals surface area contributed by atoms with Crippen LogP contribution in [0.25, 0.3) is 0 Å². The molecule has 1 N–H and O–H groups in total. The second-order valence-electron chi connectivity index (χ2n) is 14.6. The van der Waals surface area contributed by atoms with E-state index < -0.39 is 42.2 Å². The Kier molecular flexibility index (Phi) is 21.8. The number of Topliss-reactive ketones (excluding diaryl/α,β-unsaturated/α-hetero) is 1. The Morgan fingerprint density at radius 2 is 1.52 bits per heavy atom. The molecule has 2 aliphatic rings. The van der Waals surface area contributed by atoms with Gasteiger partial charge in [-0.15, -0.1) is 25.3 Å². The molecular formula is C40H62N3O10S3+. The van der Waals surface area contributed by atoms with E-state index >= 15 is 0 Å². The minimum Gasteiger partial charge on any atom is -0.344 e. The predicted octanol–water partition coefficient (Wildman–Crippen LogP) is 7.40. The minimum absolute atomic E-state index is 0. The van der Waals surface area contributed by atoms with Crippen LogP contribution < -0.4 is 9.47 Å². The van der Waals surface area contributed by atoms with Crippen LogP contribution in [0.4, 0.5) is 11.5 Å². The summed E-state index contributed by atoms with van der Waals surface area (Å²) in [4.78, 5) is 20.2. The summed E-state index contributed by atoms with van der Waals surface area (Å²) >= 11 is 0. The minimum atomic E-state index is -4.07. The van der Waals surface area contributed by atoms with Crippen LogP contribution in [0.5, 0.6) is 0 Å². The Labute approximate surface area is 338 Å². The number of aryl methyl sites for hydroxylation is 2. The Bertz CT molecular complexity index is 2090. The second-order valence-corrected chi connectivity index (χ2v) is 17.0. The van der Waals surface area contributed by atoms with E-state index in [2.05, 4.69) is 74.6 Å².